The predicted octanol–water partition coefficient (Wildman–Crippen LogP) is 1.06. The van der Waals surface area contributed by atoms with Crippen LogP contribution in [-0.4, -0.2) is 32.8 Å². The summed E-state index contributed by atoms with van der Waals surface area (Å²) in [4.78, 5) is 12.4. The first-order chi connectivity index (χ1) is 7.40. The summed E-state index contributed by atoms with van der Waals surface area (Å²) in [6.07, 6.45) is 0. The third-order valence-corrected chi connectivity index (χ3v) is 2.40. The first-order valence-corrected chi connectivity index (χ1v) is 4.93. The molecule has 1 fully saturated rings. The molecule has 0 atom stereocenters. The van der Waals surface area contributed by atoms with Crippen molar-refractivity contribution in [1.82, 2.24) is 0 Å². The average molecular weight is 207 g/mol. The minimum Gasteiger partial charge on any atom is -0.429 e. The molecule has 0 N–H and O–H groups in total. The molecule has 0 spiro atoms. The van der Waals surface area contributed by atoms with Crippen molar-refractivity contribution in [2.45, 2.75) is 0 Å². The van der Waals surface area contributed by atoms with Gasteiger partial charge in [0.1, 0.15) is 5.75 Å². The molecule has 0 amide bonds. The van der Waals surface area contributed by atoms with E-state index >= 15 is 0 Å². The lowest BCUT2D eigenvalue weighted by Gasteiger charge is -2.28. The first kappa shape index (κ1) is 9.98. The summed E-state index contributed by atoms with van der Waals surface area (Å²) in [5, 5.41) is 0. The van der Waals surface area contributed by atoms with Gasteiger partial charge in [-0.05, 0) is 24.3 Å². The van der Waals surface area contributed by atoms with Crippen molar-refractivity contribution in [3.05, 3.63) is 24.3 Å². The van der Waals surface area contributed by atoms with Gasteiger partial charge in [0.2, 0.25) is 0 Å². The molecule has 1 aliphatic rings. The second-order valence-electron chi connectivity index (χ2n) is 3.31. The van der Waals surface area contributed by atoms with E-state index in [0.717, 1.165) is 32.0 Å². The zero-order valence-electron chi connectivity index (χ0n) is 8.39. The van der Waals surface area contributed by atoms with Gasteiger partial charge in [-0.2, -0.15) is 0 Å². The van der Waals surface area contributed by atoms with Gasteiger partial charge in [-0.15, -0.1) is 0 Å². The summed E-state index contributed by atoms with van der Waals surface area (Å²) in [6.45, 7) is 3.80. The maximum atomic E-state index is 10.1. The molecule has 4 heteroatoms. The number of hydrogen-bond acceptors (Lipinski definition) is 4. The molecule has 0 bridgehead atoms. The van der Waals surface area contributed by atoms with Gasteiger partial charge in [0.25, 0.3) is 6.47 Å². The number of rotatable bonds is 3. The fraction of sp³-hybridized carbons (Fsp3) is 0.364. The number of hydrogen-bond donors (Lipinski definition) is 0. The highest BCUT2D eigenvalue weighted by Crippen LogP contribution is 2.19. The highest BCUT2D eigenvalue weighted by molar-refractivity contribution is 5.52. The van der Waals surface area contributed by atoms with Crippen LogP contribution in [0.3, 0.4) is 0 Å². The molecule has 1 saturated heterocycles. The summed E-state index contributed by atoms with van der Waals surface area (Å²) in [5.74, 6) is 0.571. The van der Waals surface area contributed by atoms with Gasteiger partial charge in [-0.25, -0.2) is 0 Å². The third-order valence-electron chi connectivity index (χ3n) is 2.40. The van der Waals surface area contributed by atoms with Crippen LogP contribution in [0.4, 0.5) is 5.69 Å². The number of morpholine rings is 1. The fourth-order valence-electron chi connectivity index (χ4n) is 1.61. The minimum atomic E-state index is 0.434. The molecule has 0 aromatic heterocycles. The smallest absolute Gasteiger partial charge is 0.298 e. The summed E-state index contributed by atoms with van der Waals surface area (Å²) >= 11 is 0. The van der Waals surface area contributed by atoms with Gasteiger partial charge in [-0.1, -0.05) is 0 Å². The molecule has 4 nitrogen and oxygen atoms in total. The maximum Gasteiger partial charge on any atom is 0.298 e. The van der Waals surface area contributed by atoms with E-state index in [9.17, 15) is 4.79 Å². The van der Waals surface area contributed by atoms with Crippen LogP contribution in [0.1, 0.15) is 0 Å². The van der Waals surface area contributed by atoms with Crippen molar-refractivity contribution in [1.29, 1.82) is 0 Å². The Hall–Kier alpha value is -1.55. The SMILES string of the molecule is O=COc1ccc(N2CCOCC2)cc1. The van der Waals surface area contributed by atoms with Crippen molar-refractivity contribution < 1.29 is 14.3 Å². The van der Waals surface area contributed by atoms with Crippen LogP contribution in [0.15, 0.2) is 24.3 Å². The summed E-state index contributed by atoms with van der Waals surface area (Å²) in [7, 11) is 0. The number of carbonyl (C=O) groups is 1. The lowest BCUT2D eigenvalue weighted by Crippen LogP contribution is -2.36. The van der Waals surface area contributed by atoms with E-state index in [0.29, 0.717) is 12.2 Å². The topological polar surface area (TPSA) is 38.8 Å². The Morgan fingerprint density at radius 3 is 2.47 bits per heavy atom. The van der Waals surface area contributed by atoms with Gasteiger partial charge in [-0.3, -0.25) is 4.79 Å². The molecule has 0 saturated carbocycles. The minimum absolute atomic E-state index is 0.434. The Kier molecular flexibility index (Phi) is 3.19. The van der Waals surface area contributed by atoms with Crippen LogP contribution >= 0.6 is 0 Å². The van der Waals surface area contributed by atoms with Crippen LogP contribution in [0.2, 0.25) is 0 Å². The van der Waals surface area contributed by atoms with Crippen molar-refractivity contribution in [3.8, 4) is 5.75 Å². The third kappa shape index (κ3) is 2.47. The highest BCUT2D eigenvalue weighted by Gasteiger charge is 2.10. The van der Waals surface area contributed by atoms with E-state index < -0.39 is 0 Å². The van der Waals surface area contributed by atoms with Crippen molar-refractivity contribution in [3.63, 3.8) is 0 Å². The molecule has 1 heterocycles. The van der Waals surface area contributed by atoms with Gasteiger partial charge >= 0.3 is 0 Å². The van der Waals surface area contributed by atoms with Crippen LogP contribution in [-0.2, 0) is 9.53 Å². The van der Waals surface area contributed by atoms with Crippen LogP contribution in [0.5, 0.6) is 5.75 Å². The van der Waals surface area contributed by atoms with E-state index in [-0.39, 0.29) is 0 Å². The van der Waals surface area contributed by atoms with E-state index in [2.05, 4.69) is 4.90 Å². The second-order valence-corrected chi connectivity index (χ2v) is 3.31. The molecule has 80 valence electrons. The second kappa shape index (κ2) is 4.79. The van der Waals surface area contributed by atoms with Crippen LogP contribution < -0.4 is 9.64 Å². The summed E-state index contributed by atoms with van der Waals surface area (Å²) in [6, 6.07) is 7.48. The van der Waals surface area contributed by atoms with Gasteiger partial charge < -0.3 is 14.4 Å². The van der Waals surface area contributed by atoms with Crippen LogP contribution in [0.25, 0.3) is 0 Å². The fourth-order valence-corrected chi connectivity index (χ4v) is 1.61. The van der Waals surface area contributed by atoms with E-state index in [1.54, 1.807) is 12.1 Å². The Labute approximate surface area is 88.4 Å². The number of carbonyl (C=O) groups excluding carboxylic acids is 1. The van der Waals surface area contributed by atoms with Crippen molar-refractivity contribution in [2.24, 2.45) is 0 Å². The summed E-state index contributed by atoms with van der Waals surface area (Å²) in [5.41, 5.74) is 1.14. The Morgan fingerprint density at radius 2 is 1.87 bits per heavy atom. The maximum absolute atomic E-state index is 10.1. The highest BCUT2D eigenvalue weighted by atomic mass is 16.5. The normalized spacial score (nSPS) is 16.1. The van der Waals surface area contributed by atoms with Crippen molar-refractivity contribution in [2.75, 3.05) is 31.2 Å². The monoisotopic (exact) mass is 207 g/mol. The molecular weight excluding hydrogens is 194 g/mol. The van der Waals surface area contributed by atoms with Crippen LogP contribution in [0, 0.1) is 0 Å². The number of nitrogens with zero attached hydrogens (tertiary/aromatic N) is 1. The van der Waals surface area contributed by atoms with Crippen molar-refractivity contribution >= 4 is 12.2 Å². The Morgan fingerprint density at radius 1 is 1.20 bits per heavy atom. The summed E-state index contributed by atoms with van der Waals surface area (Å²) < 4.78 is 10.00. The molecular formula is C11H13NO3. The standard InChI is InChI=1S/C11H13NO3/c13-9-15-11-3-1-10(2-4-11)12-5-7-14-8-6-12/h1-4,9H,5-8H2. The first-order valence-electron chi connectivity index (χ1n) is 4.93. The molecule has 1 aromatic carbocycles. The molecule has 15 heavy (non-hydrogen) atoms. The van der Waals surface area contributed by atoms with E-state index in [1.165, 1.54) is 0 Å². The van der Waals surface area contributed by atoms with E-state index in [1.807, 2.05) is 12.1 Å². The quantitative estimate of drug-likeness (QED) is 0.695. The molecule has 0 radical (unpaired) electrons. The average Bonchev–Trinajstić information content (AvgIpc) is 2.32. The van der Waals surface area contributed by atoms with Gasteiger partial charge in [0.05, 0.1) is 13.2 Å². The zero-order chi connectivity index (χ0) is 10.5. The molecule has 0 aliphatic carbocycles. The Bertz CT molecular complexity index is 317. The number of anilines is 1. The lowest BCUT2D eigenvalue weighted by atomic mass is 10.2. The Balaban J connectivity index is 2.04. The number of benzene rings is 1. The van der Waals surface area contributed by atoms with Gasteiger partial charge in [0.15, 0.2) is 0 Å². The lowest BCUT2D eigenvalue weighted by molar-refractivity contribution is -0.120. The van der Waals surface area contributed by atoms with E-state index in [4.69, 9.17) is 9.47 Å². The zero-order valence-corrected chi connectivity index (χ0v) is 8.39. The molecule has 1 aliphatic heterocycles. The molecule has 2 rings (SSSR count). The molecule has 1 aromatic rings. The number of ether oxygens (including phenoxy) is 2. The predicted molar refractivity (Wildman–Crippen MR) is 56.2 cm³/mol. The molecule has 0 unspecified atom stereocenters. The van der Waals surface area contributed by atoms with Gasteiger partial charge in [0, 0.05) is 18.8 Å². The largest absolute Gasteiger partial charge is 0.429 e.